The van der Waals surface area contributed by atoms with Crippen LogP contribution in [-0.2, 0) is 10.0 Å². The lowest BCUT2D eigenvalue weighted by Gasteiger charge is -2.07. The third-order valence-corrected chi connectivity index (χ3v) is 4.44. The Kier molecular flexibility index (Phi) is 7.02. The van der Waals surface area contributed by atoms with Gasteiger partial charge in [0.15, 0.2) is 0 Å². The molecule has 0 saturated heterocycles. The van der Waals surface area contributed by atoms with Gasteiger partial charge in [-0.1, -0.05) is 51.2 Å². The van der Waals surface area contributed by atoms with Gasteiger partial charge in [-0.25, -0.2) is 17.5 Å². The maximum Gasteiger partial charge on any atom is 0.243 e. The van der Waals surface area contributed by atoms with Crippen LogP contribution in [0, 0.1) is 5.82 Å². The topological polar surface area (TPSA) is 46.2 Å². The molecule has 19 heavy (non-hydrogen) atoms. The molecule has 0 aliphatic heterocycles. The number of hydrogen-bond donors (Lipinski definition) is 1. The molecule has 1 aromatic rings. The summed E-state index contributed by atoms with van der Waals surface area (Å²) in [4.78, 5) is -0.277. The summed E-state index contributed by atoms with van der Waals surface area (Å²) >= 11 is 0. The second-order valence-corrected chi connectivity index (χ2v) is 6.33. The molecule has 0 aliphatic rings. The normalized spacial score (nSPS) is 11.7. The zero-order chi connectivity index (χ0) is 14.1. The van der Waals surface area contributed by atoms with Crippen LogP contribution in [0.2, 0.25) is 0 Å². The molecule has 0 fully saturated rings. The molecule has 3 nitrogen and oxygen atoms in total. The first-order chi connectivity index (χ1) is 9.08. The van der Waals surface area contributed by atoms with Crippen LogP contribution < -0.4 is 4.72 Å². The lowest BCUT2D eigenvalue weighted by Crippen LogP contribution is -2.25. The molecule has 0 amide bonds. The molecule has 0 bridgehead atoms. The molecule has 108 valence electrons. The fraction of sp³-hybridized carbons (Fsp3) is 0.571. The van der Waals surface area contributed by atoms with E-state index in [1.54, 1.807) is 0 Å². The van der Waals surface area contributed by atoms with Gasteiger partial charge >= 0.3 is 0 Å². The van der Waals surface area contributed by atoms with Crippen LogP contribution in [0.3, 0.4) is 0 Å². The predicted molar refractivity (Wildman–Crippen MR) is 75.0 cm³/mol. The van der Waals surface area contributed by atoms with E-state index in [-0.39, 0.29) is 4.90 Å². The molecule has 0 aromatic heterocycles. The minimum absolute atomic E-state index is 0.277. The predicted octanol–water partition coefficient (Wildman–Crippen LogP) is 3.46. The van der Waals surface area contributed by atoms with Crippen molar-refractivity contribution in [3.8, 4) is 0 Å². The lowest BCUT2D eigenvalue weighted by molar-refractivity contribution is 0.550. The van der Waals surface area contributed by atoms with Crippen LogP contribution in [0.1, 0.15) is 45.4 Å². The molecule has 0 aliphatic carbocycles. The van der Waals surface area contributed by atoms with Gasteiger partial charge in [0.05, 0.1) is 0 Å². The number of nitrogens with one attached hydrogen (secondary N) is 1. The molecule has 1 N–H and O–H groups in total. The van der Waals surface area contributed by atoms with Gasteiger partial charge in [-0.15, -0.1) is 0 Å². The van der Waals surface area contributed by atoms with E-state index in [4.69, 9.17) is 0 Å². The smallest absolute Gasteiger partial charge is 0.211 e. The fourth-order valence-corrected chi connectivity index (χ4v) is 3.00. The number of unbranched alkanes of at least 4 members (excludes halogenated alkanes) is 5. The highest BCUT2D eigenvalue weighted by Gasteiger charge is 2.17. The van der Waals surface area contributed by atoms with Crippen molar-refractivity contribution in [2.75, 3.05) is 6.54 Å². The van der Waals surface area contributed by atoms with Gasteiger partial charge in [-0.3, -0.25) is 0 Å². The quantitative estimate of drug-likeness (QED) is 0.707. The van der Waals surface area contributed by atoms with Crippen LogP contribution in [0.4, 0.5) is 4.39 Å². The van der Waals surface area contributed by atoms with Crippen LogP contribution in [0.25, 0.3) is 0 Å². The summed E-state index contributed by atoms with van der Waals surface area (Å²) in [6, 6.07) is 5.42. The molecule has 1 aromatic carbocycles. The Hall–Kier alpha value is -0.940. The second-order valence-electron chi connectivity index (χ2n) is 4.60. The molecule has 0 atom stereocenters. The Morgan fingerprint density at radius 1 is 1.05 bits per heavy atom. The van der Waals surface area contributed by atoms with E-state index >= 15 is 0 Å². The van der Waals surface area contributed by atoms with Crippen LogP contribution in [0.5, 0.6) is 0 Å². The van der Waals surface area contributed by atoms with Crippen molar-refractivity contribution in [3.63, 3.8) is 0 Å². The first-order valence-corrected chi connectivity index (χ1v) is 8.30. The Morgan fingerprint density at radius 2 is 1.68 bits per heavy atom. The number of hydrogen-bond acceptors (Lipinski definition) is 2. The van der Waals surface area contributed by atoms with E-state index in [1.165, 1.54) is 37.5 Å². The summed E-state index contributed by atoms with van der Waals surface area (Å²) in [5, 5.41) is 0. The monoisotopic (exact) mass is 287 g/mol. The van der Waals surface area contributed by atoms with Crippen LogP contribution in [0.15, 0.2) is 29.2 Å². The van der Waals surface area contributed by atoms with Crippen LogP contribution in [-0.4, -0.2) is 15.0 Å². The van der Waals surface area contributed by atoms with Gasteiger partial charge in [0.2, 0.25) is 10.0 Å². The summed E-state index contributed by atoms with van der Waals surface area (Å²) < 4.78 is 39.5. The van der Waals surface area contributed by atoms with Gasteiger partial charge in [0, 0.05) is 6.54 Å². The van der Waals surface area contributed by atoms with Crippen molar-refractivity contribution < 1.29 is 12.8 Å². The Balaban J connectivity index is 2.34. The number of rotatable bonds is 9. The highest BCUT2D eigenvalue weighted by Crippen LogP contribution is 2.13. The molecule has 5 heteroatoms. The zero-order valence-corrected chi connectivity index (χ0v) is 12.2. The van der Waals surface area contributed by atoms with E-state index in [0.29, 0.717) is 6.54 Å². The average molecular weight is 287 g/mol. The van der Waals surface area contributed by atoms with Crippen molar-refractivity contribution in [1.82, 2.24) is 4.72 Å². The Morgan fingerprint density at radius 3 is 2.37 bits per heavy atom. The lowest BCUT2D eigenvalue weighted by atomic mass is 10.1. The van der Waals surface area contributed by atoms with Crippen molar-refractivity contribution in [2.24, 2.45) is 0 Å². The van der Waals surface area contributed by atoms with Crippen molar-refractivity contribution in [1.29, 1.82) is 0 Å². The first-order valence-electron chi connectivity index (χ1n) is 6.82. The minimum Gasteiger partial charge on any atom is -0.211 e. The summed E-state index contributed by atoms with van der Waals surface area (Å²) in [6.07, 6.45) is 6.52. The first kappa shape index (κ1) is 16.1. The SMILES string of the molecule is CCCCCCCCNS(=O)(=O)c1ccccc1F. The minimum atomic E-state index is -3.71. The average Bonchev–Trinajstić information content (AvgIpc) is 2.38. The largest absolute Gasteiger partial charge is 0.243 e. The Labute approximate surface area is 115 Å². The maximum atomic E-state index is 13.4. The van der Waals surface area contributed by atoms with E-state index < -0.39 is 15.8 Å². The molecule has 0 unspecified atom stereocenters. The van der Waals surface area contributed by atoms with E-state index in [0.717, 1.165) is 25.3 Å². The van der Waals surface area contributed by atoms with E-state index in [9.17, 15) is 12.8 Å². The van der Waals surface area contributed by atoms with Gasteiger partial charge in [-0.05, 0) is 18.6 Å². The third-order valence-electron chi connectivity index (χ3n) is 2.95. The molecule has 0 heterocycles. The van der Waals surface area contributed by atoms with Gasteiger partial charge < -0.3 is 0 Å². The molecular formula is C14H22FNO2S. The number of benzene rings is 1. The summed E-state index contributed by atoms with van der Waals surface area (Å²) in [7, 11) is -3.71. The van der Waals surface area contributed by atoms with Gasteiger partial charge in [-0.2, -0.15) is 0 Å². The van der Waals surface area contributed by atoms with Gasteiger partial charge in [0.1, 0.15) is 10.7 Å². The van der Waals surface area contributed by atoms with Crippen molar-refractivity contribution in [2.45, 2.75) is 50.3 Å². The molecule has 0 spiro atoms. The van der Waals surface area contributed by atoms with Crippen molar-refractivity contribution >= 4 is 10.0 Å². The fourth-order valence-electron chi connectivity index (χ4n) is 1.85. The molecule has 0 saturated carbocycles. The highest BCUT2D eigenvalue weighted by atomic mass is 32.2. The number of halogens is 1. The zero-order valence-electron chi connectivity index (χ0n) is 11.4. The van der Waals surface area contributed by atoms with E-state index in [1.807, 2.05) is 0 Å². The van der Waals surface area contributed by atoms with E-state index in [2.05, 4.69) is 11.6 Å². The van der Waals surface area contributed by atoms with Gasteiger partial charge in [0.25, 0.3) is 0 Å². The van der Waals surface area contributed by atoms with Crippen LogP contribution >= 0.6 is 0 Å². The maximum absolute atomic E-state index is 13.4. The summed E-state index contributed by atoms with van der Waals surface area (Å²) in [5.74, 6) is -0.710. The van der Waals surface area contributed by atoms with Crippen molar-refractivity contribution in [3.05, 3.63) is 30.1 Å². The second kappa shape index (κ2) is 8.27. The summed E-state index contributed by atoms with van der Waals surface area (Å²) in [5.41, 5.74) is 0. The molecule has 0 radical (unpaired) electrons. The summed E-state index contributed by atoms with van der Waals surface area (Å²) in [6.45, 7) is 2.52. The Bertz CT molecular complexity index is 474. The molecular weight excluding hydrogens is 265 g/mol. The highest BCUT2D eigenvalue weighted by molar-refractivity contribution is 7.89. The third kappa shape index (κ3) is 5.70. The number of sulfonamides is 1. The molecule has 1 rings (SSSR count). The standard InChI is InChI=1S/C14H22FNO2S/c1-2-3-4-5-6-9-12-16-19(17,18)14-11-8-7-10-13(14)15/h7-8,10-11,16H,2-6,9,12H2,1H3.